The highest BCUT2D eigenvalue weighted by Crippen LogP contribution is 2.26. The van der Waals surface area contributed by atoms with Crippen molar-refractivity contribution in [3.8, 4) is 0 Å². The number of aliphatic carboxylic acids is 1. The zero-order valence-electron chi connectivity index (χ0n) is 12.6. The molecule has 1 fully saturated rings. The summed E-state index contributed by atoms with van der Waals surface area (Å²) in [7, 11) is 1.77. The Morgan fingerprint density at radius 3 is 2.86 bits per heavy atom. The third-order valence-corrected chi connectivity index (χ3v) is 4.42. The van der Waals surface area contributed by atoms with Gasteiger partial charge in [0.15, 0.2) is 0 Å². The molecule has 0 saturated carbocycles. The molecular formula is C15H18N4O3. The molecule has 1 N–H and O–H groups in total. The summed E-state index contributed by atoms with van der Waals surface area (Å²) in [6, 6.07) is 4.93. The SMILES string of the molecule is C[C@@H]1[C@H](C(=O)O)CCCN1C(=O)c1ccc2nnn(C)c2c1. The van der Waals surface area contributed by atoms with Crippen molar-refractivity contribution in [1.82, 2.24) is 19.9 Å². The van der Waals surface area contributed by atoms with Crippen LogP contribution in [0.2, 0.25) is 0 Å². The molecule has 2 aromatic rings. The van der Waals surface area contributed by atoms with E-state index in [2.05, 4.69) is 10.3 Å². The highest BCUT2D eigenvalue weighted by Gasteiger charge is 2.35. The summed E-state index contributed by atoms with van der Waals surface area (Å²) in [5.41, 5.74) is 2.05. The van der Waals surface area contributed by atoms with Crippen LogP contribution >= 0.6 is 0 Å². The molecule has 22 heavy (non-hydrogen) atoms. The van der Waals surface area contributed by atoms with E-state index < -0.39 is 11.9 Å². The molecule has 0 spiro atoms. The molecule has 1 aromatic carbocycles. The number of aromatic nitrogens is 3. The fourth-order valence-electron chi connectivity index (χ4n) is 3.09. The highest BCUT2D eigenvalue weighted by molar-refractivity contribution is 5.97. The van der Waals surface area contributed by atoms with Gasteiger partial charge >= 0.3 is 5.97 Å². The number of fused-ring (bicyclic) bond motifs is 1. The number of likely N-dealkylation sites (tertiary alicyclic amines) is 1. The molecule has 7 heteroatoms. The van der Waals surface area contributed by atoms with Gasteiger partial charge < -0.3 is 10.0 Å². The number of aryl methyl sites for hydroxylation is 1. The average Bonchev–Trinajstić information content (AvgIpc) is 2.87. The van der Waals surface area contributed by atoms with E-state index in [0.717, 1.165) is 11.0 Å². The van der Waals surface area contributed by atoms with E-state index in [1.54, 1.807) is 41.8 Å². The number of nitrogens with zero attached hydrogens (tertiary/aromatic N) is 4. The number of carbonyl (C=O) groups is 2. The van der Waals surface area contributed by atoms with Crippen LogP contribution in [0.15, 0.2) is 18.2 Å². The predicted octanol–water partition coefficient (Wildman–Crippen LogP) is 1.29. The van der Waals surface area contributed by atoms with E-state index in [1.165, 1.54) is 0 Å². The summed E-state index contributed by atoms with van der Waals surface area (Å²) in [6.07, 6.45) is 1.33. The summed E-state index contributed by atoms with van der Waals surface area (Å²) in [5.74, 6) is -1.47. The van der Waals surface area contributed by atoms with Crippen LogP contribution in [0.4, 0.5) is 0 Å². The minimum Gasteiger partial charge on any atom is -0.481 e. The van der Waals surface area contributed by atoms with Crippen LogP contribution in [0.5, 0.6) is 0 Å². The van der Waals surface area contributed by atoms with Crippen molar-refractivity contribution < 1.29 is 14.7 Å². The Morgan fingerprint density at radius 2 is 2.14 bits per heavy atom. The maximum absolute atomic E-state index is 12.7. The predicted molar refractivity (Wildman–Crippen MR) is 79.4 cm³/mol. The Morgan fingerprint density at radius 1 is 1.36 bits per heavy atom. The number of hydrogen-bond donors (Lipinski definition) is 1. The van der Waals surface area contributed by atoms with Gasteiger partial charge in [0.05, 0.1) is 11.4 Å². The third kappa shape index (κ3) is 2.32. The molecule has 3 rings (SSSR count). The molecule has 1 saturated heterocycles. The summed E-state index contributed by atoms with van der Waals surface area (Å²) >= 11 is 0. The topological polar surface area (TPSA) is 88.3 Å². The Kier molecular flexibility index (Phi) is 3.56. The van der Waals surface area contributed by atoms with Gasteiger partial charge in [0.2, 0.25) is 0 Å². The fraction of sp³-hybridized carbons (Fsp3) is 0.467. The van der Waals surface area contributed by atoms with Gasteiger partial charge in [0.1, 0.15) is 5.52 Å². The number of carbonyl (C=O) groups excluding carboxylic acids is 1. The van der Waals surface area contributed by atoms with E-state index in [-0.39, 0.29) is 11.9 Å². The van der Waals surface area contributed by atoms with Gasteiger partial charge in [0.25, 0.3) is 5.91 Å². The number of benzene rings is 1. The van der Waals surface area contributed by atoms with Crippen molar-refractivity contribution in [2.45, 2.75) is 25.8 Å². The summed E-state index contributed by atoms with van der Waals surface area (Å²) in [5, 5.41) is 17.2. The standard InChI is InChI=1S/C15H18N4O3/c1-9-11(15(21)22)4-3-7-19(9)14(20)10-5-6-12-13(8-10)18(2)17-16-12/h5-6,8-9,11H,3-4,7H2,1-2H3,(H,21,22)/t9-,11-/m1/s1. The van der Waals surface area contributed by atoms with E-state index in [4.69, 9.17) is 0 Å². The van der Waals surface area contributed by atoms with Crippen molar-refractivity contribution >= 4 is 22.9 Å². The lowest BCUT2D eigenvalue weighted by Gasteiger charge is -2.37. The van der Waals surface area contributed by atoms with Crippen molar-refractivity contribution in [1.29, 1.82) is 0 Å². The Bertz CT molecular complexity index is 739. The van der Waals surface area contributed by atoms with Crippen LogP contribution in [0.1, 0.15) is 30.1 Å². The Hall–Kier alpha value is -2.44. The molecule has 0 radical (unpaired) electrons. The number of rotatable bonds is 2. The lowest BCUT2D eigenvalue weighted by atomic mass is 9.90. The summed E-state index contributed by atoms with van der Waals surface area (Å²) in [6.45, 7) is 2.39. The van der Waals surface area contributed by atoms with Crippen molar-refractivity contribution in [3.63, 3.8) is 0 Å². The molecule has 1 aliphatic heterocycles. The van der Waals surface area contributed by atoms with Gasteiger partial charge in [-0.3, -0.25) is 9.59 Å². The zero-order valence-corrected chi connectivity index (χ0v) is 12.6. The monoisotopic (exact) mass is 302 g/mol. The smallest absolute Gasteiger partial charge is 0.308 e. The van der Waals surface area contributed by atoms with Crippen LogP contribution in [0, 0.1) is 5.92 Å². The molecule has 0 aliphatic carbocycles. The largest absolute Gasteiger partial charge is 0.481 e. The average molecular weight is 302 g/mol. The Balaban J connectivity index is 1.91. The maximum atomic E-state index is 12.7. The molecule has 0 unspecified atom stereocenters. The first kappa shape index (κ1) is 14.5. The molecule has 116 valence electrons. The number of carboxylic acids is 1. The highest BCUT2D eigenvalue weighted by atomic mass is 16.4. The number of carboxylic acid groups (broad SMARTS) is 1. The minimum absolute atomic E-state index is 0.137. The molecule has 1 amide bonds. The quantitative estimate of drug-likeness (QED) is 0.903. The van der Waals surface area contributed by atoms with E-state index in [9.17, 15) is 14.7 Å². The Labute approximate surface area is 127 Å². The molecule has 1 aliphatic rings. The molecule has 7 nitrogen and oxygen atoms in total. The van der Waals surface area contributed by atoms with Gasteiger partial charge in [-0.15, -0.1) is 5.10 Å². The van der Waals surface area contributed by atoms with Crippen molar-refractivity contribution in [3.05, 3.63) is 23.8 Å². The second-order valence-corrected chi connectivity index (χ2v) is 5.74. The number of amides is 1. The first-order valence-electron chi connectivity index (χ1n) is 7.32. The molecular weight excluding hydrogens is 284 g/mol. The second-order valence-electron chi connectivity index (χ2n) is 5.74. The van der Waals surface area contributed by atoms with E-state index in [0.29, 0.717) is 24.9 Å². The van der Waals surface area contributed by atoms with Gasteiger partial charge in [-0.25, -0.2) is 4.68 Å². The summed E-state index contributed by atoms with van der Waals surface area (Å²) in [4.78, 5) is 25.7. The zero-order chi connectivity index (χ0) is 15.9. The first-order chi connectivity index (χ1) is 10.5. The maximum Gasteiger partial charge on any atom is 0.308 e. The van der Waals surface area contributed by atoms with Crippen LogP contribution < -0.4 is 0 Å². The van der Waals surface area contributed by atoms with E-state index >= 15 is 0 Å². The van der Waals surface area contributed by atoms with Gasteiger partial charge in [-0.05, 0) is 38.0 Å². The molecule has 2 heterocycles. The van der Waals surface area contributed by atoms with Crippen LogP contribution in [-0.4, -0.2) is 49.5 Å². The lowest BCUT2D eigenvalue weighted by Crippen LogP contribution is -2.49. The fourth-order valence-corrected chi connectivity index (χ4v) is 3.09. The van der Waals surface area contributed by atoms with Gasteiger partial charge in [-0.2, -0.15) is 0 Å². The summed E-state index contributed by atoms with van der Waals surface area (Å²) < 4.78 is 1.62. The van der Waals surface area contributed by atoms with Gasteiger partial charge in [-0.1, -0.05) is 5.21 Å². The number of hydrogen-bond acceptors (Lipinski definition) is 4. The van der Waals surface area contributed by atoms with Crippen LogP contribution in [0.3, 0.4) is 0 Å². The molecule has 0 bridgehead atoms. The first-order valence-corrected chi connectivity index (χ1v) is 7.32. The van der Waals surface area contributed by atoms with Gasteiger partial charge in [0, 0.05) is 25.2 Å². The number of piperidine rings is 1. The molecule has 2 atom stereocenters. The van der Waals surface area contributed by atoms with E-state index in [1.807, 2.05) is 0 Å². The lowest BCUT2D eigenvalue weighted by molar-refractivity contribution is -0.144. The van der Waals surface area contributed by atoms with Crippen LogP contribution in [0.25, 0.3) is 11.0 Å². The third-order valence-electron chi connectivity index (χ3n) is 4.42. The minimum atomic E-state index is -0.837. The van der Waals surface area contributed by atoms with Crippen molar-refractivity contribution in [2.75, 3.05) is 6.54 Å². The molecule has 1 aromatic heterocycles. The van der Waals surface area contributed by atoms with Crippen LogP contribution in [-0.2, 0) is 11.8 Å². The second kappa shape index (κ2) is 5.40. The normalized spacial score (nSPS) is 22.0. The van der Waals surface area contributed by atoms with Crippen molar-refractivity contribution in [2.24, 2.45) is 13.0 Å².